The van der Waals surface area contributed by atoms with E-state index in [-0.39, 0.29) is 0 Å². The summed E-state index contributed by atoms with van der Waals surface area (Å²) >= 11 is 2.15. The minimum atomic E-state index is 0.312. The SMILES string of the molecule is Cc1ncc(Oc2cc(I)ncc2C(C)C)c(N)n1. The minimum Gasteiger partial charge on any atom is -0.451 e. The van der Waals surface area contributed by atoms with Crippen LogP contribution in [0.4, 0.5) is 5.82 Å². The molecule has 0 atom stereocenters. The van der Waals surface area contributed by atoms with Crippen LogP contribution in [0.2, 0.25) is 0 Å². The van der Waals surface area contributed by atoms with Gasteiger partial charge in [0.15, 0.2) is 11.6 Å². The number of pyridine rings is 1. The maximum atomic E-state index is 5.84. The monoisotopic (exact) mass is 370 g/mol. The van der Waals surface area contributed by atoms with Gasteiger partial charge in [-0.3, -0.25) is 0 Å². The molecule has 0 aliphatic heterocycles. The Balaban J connectivity index is 2.39. The van der Waals surface area contributed by atoms with Crippen molar-refractivity contribution in [3.63, 3.8) is 0 Å². The lowest BCUT2D eigenvalue weighted by Gasteiger charge is -2.14. The van der Waals surface area contributed by atoms with Crippen molar-refractivity contribution in [2.24, 2.45) is 0 Å². The first-order valence-electron chi connectivity index (χ1n) is 5.89. The van der Waals surface area contributed by atoms with E-state index in [0.717, 1.165) is 15.0 Å². The van der Waals surface area contributed by atoms with E-state index in [1.165, 1.54) is 0 Å². The third-order valence-corrected chi connectivity index (χ3v) is 3.20. The van der Waals surface area contributed by atoms with Gasteiger partial charge in [-0.05, 0) is 35.4 Å². The Morgan fingerprint density at radius 2 is 1.95 bits per heavy atom. The quantitative estimate of drug-likeness (QED) is 0.663. The molecule has 0 spiro atoms. The molecule has 100 valence electrons. The molecule has 2 aromatic rings. The van der Waals surface area contributed by atoms with Crippen LogP contribution in [-0.2, 0) is 0 Å². The zero-order chi connectivity index (χ0) is 14.0. The Labute approximate surface area is 125 Å². The zero-order valence-electron chi connectivity index (χ0n) is 11.0. The Kier molecular flexibility index (Phi) is 4.18. The second-order valence-electron chi connectivity index (χ2n) is 4.47. The maximum absolute atomic E-state index is 5.84. The molecule has 0 fully saturated rings. The van der Waals surface area contributed by atoms with Crippen molar-refractivity contribution >= 4 is 28.4 Å². The van der Waals surface area contributed by atoms with Crippen molar-refractivity contribution in [2.75, 3.05) is 5.73 Å². The van der Waals surface area contributed by atoms with Gasteiger partial charge in [0, 0.05) is 17.8 Å². The number of nitrogen functional groups attached to an aromatic ring is 1. The van der Waals surface area contributed by atoms with Crippen LogP contribution >= 0.6 is 22.6 Å². The first-order chi connectivity index (χ1) is 8.97. The highest BCUT2D eigenvalue weighted by molar-refractivity contribution is 14.1. The van der Waals surface area contributed by atoms with Gasteiger partial charge >= 0.3 is 0 Å². The van der Waals surface area contributed by atoms with Gasteiger partial charge in [-0.2, -0.15) is 0 Å². The molecular formula is C13H15IN4O. The van der Waals surface area contributed by atoms with Crippen LogP contribution in [0.1, 0.15) is 31.2 Å². The molecular weight excluding hydrogens is 355 g/mol. The molecule has 0 unspecified atom stereocenters. The summed E-state index contributed by atoms with van der Waals surface area (Å²) < 4.78 is 6.71. The fourth-order valence-corrected chi connectivity index (χ4v) is 2.04. The smallest absolute Gasteiger partial charge is 0.187 e. The summed E-state index contributed by atoms with van der Waals surface area (Å²) in [7, 11) is 0. The van der Waals surface area contributed by atoms with Gasteiger partial charge in [-0.15, -0.1) is 0 Å². The molecule has 2 N–H and O–H groups in total. The molecule has 0 amide bonds. The summed E-state index contributed by atoms with van der Waals surface area (Å²) in [5, 5.41) is 0. The van der Waals surface area contributed by atoms with E-state index in [1.54, 1.807) is 13.1 Å². The highest BCUT2D eigenvalue weighted by Crippen LogP contribution is 2.32. The van der Waals surface area contributed by atoms with Gasteiger partial charge in [0.1, 0.15) is 15.3 Å². The van der Waals surface area contributed by atoms with Gasteiger partial charge in [0.25, 0.3) is 0 Å². The summed E-state index contributed by atoms with van der Waals surface area (Å²) in [6.45, 7) is 5.96. The molecule has 0 saturated carbocycles. The zero-order valence-corrected chi connectivity index (χ0v) is 13.2. The van der Waals surface area contributed by atoms with Crippen molar-refractivity contribution in [2.45, 2.75) is 26.7 Å². The molecule has 0 radical (unpaired) electrons. The largest absolute Gasteiger partial charge is 0.451 e. The summed E-state index contributed by atoms with van der Waals surface area (Å²) in [5.74, 6) is 2.49. The van der Waals surface area contributed by atoms with Crippen LogP contribution in [-0.4, -0.2) is 15.0 Å². The fourth-order valence-electron chi connectivity index (χ4n) is 1.62. The number of aromatic nitrogens is 3. The third-order valence-electron chi connectivity index (χ3n) is 2.61. The lowest BCUT2D eigenvalue weighted by Crippen LogP contribution is -2.01. The molecule has 0 saturated heterocycles. The van der Waals surface area contributed by atoms with Crippen LogP contribution in [0.5, 0.6) is 11.5 Å². The summed E-state index contributed by atoms with van der Waals surface area (Å²) in [5.41, 5.74) is 6.87. The van der Waals surface area contributed by atoms with Gasteiger partial charge in [0.05, 0.1) is 6.20 Å². The number of aryl methyl sites for hydroxylation is 1. The van der Waals surface area contributed by atoms with E-state index in [4.69, 9.17) is 10.5 Å². The Hall–Kier alpha value is -1.44. The Bertz CT molecular complexity index is 601. The molecule has 0 aromatic carbocycles. The third kappa shape index (κ3) is 3.31. The van der Waals surface area contributed by atoms with Crippen molar-refractivity contribution in [1.29, 1.82) is 0 Å². The van der Waals surface area contributed by atoms with E-state index in [2.05, 4.69) is 51.4 Å². The number of rotatable bonds is 3. The maximum Gasteiger partial charge on any atom is 0.187 e. The lowest BCUT2D eigenvalue weighted by atomic mass is 10.1. The molecule has 2 heterocycles. The first-order valence-corrected chi connectivity index (χ1v) is 6.97. The van der Waals surface area contributed by atoms with Gasteiger partial charge in [0.2, 0.25) is 0 Å². The van der Waals surface area contributed by atoms with E-state index in [9.17, 15) is 0 Å². The molecule has 0 bridgehead atoms. The topological polar surface area (TPSA) is 73.9 Å². The molecule has 0 aliphatic rings. The van der Waals surface area contributed by atoms with E-state index in [0.29, 0.717) is 23.3 Å². The summed E-state index contributed by atoms with van der Waals surface area (Å²) in [6, 6.07) is 1.88. The number of ether oxygens (including phenoxy) is 1. The van der Waals surface area contributed by atoms with Crippen LogP contribution in [0, 0.1) is 10.6 Å². The summed E-state index contributed by atoms with van der Waals surface area (Å²) in [6.07, 6.45) is 3.42. The van der Waals surface area contributed by atoms with Crippen LogP contribution in [0.25, 0.3) is 0 Å². The van der Waals surface area contributed by atoms with Gasteiger partial charge < -0.3 is 10.5 Å². The second kappa shape index (κ2) is 5.68. The van der Waals surface area contributed by atoms with Crippen LogP contribution in [0.3, 0.4) is 0 Å². The van der Waals surface area contributed by atoms with E-state index < -0.39 is 0 Å². The van der Waals surface area contributed by atoms with E-state index >= 15 is 0 Å². The molecule has 2 aromatic heterocycles. The predicted molar refractivity (Wildman–Crippen MR) is 82.3 cm³/mol. The number of nitrogens with zero attached hydrogens (tertiary/aromatic N) is 3. The molecule has 2 rings (SSSR count). The molecule has 5 nitrogen and oxygen atoms in total. The lowest BCUT2D eigenvalue weighted by molar-refractivity contribution is 0.469. The van der Waals surface area contributed by atoms with Crippen molar-refractivity contribution in [3.8, 4) is 11.5 Å². The number of hydrogen-bond acceptors (Lipinski definition) is 5. The molecule has 0 aliphatic carbocycles. The molecule has 19 heavy (non-hydrogen) atoms. The van der Waals surface area contributed by atoms with Gasteiger partial charge in [-0.25, -0.2) is 15.0 Å². The first kappa shape index (κ1) is 14.0. The normalized spacial score (nSPS) is 10.8. The Morgan fingerprint density at radius 1 is 1.21 bits per heavy atom. The van der Waals surface area contributed by atoms with Gasteiger partial charge in [-0.1, -0.05) is 13.8 Å². The highest BCUT2D eigenvalue weighted by atomic mass is 127. The predicted octanol–water partition coefficient (Wildman–Crippen LogP) is 3.28. The van der Waals surface area contributed by atoms with Crippen LogP contribution in [0.15, 0.2) is 18.5 Å². The van der Waals surface area contributed by atoms with E-state index in [1.807, 2.05) is 12.3 Å². The molecule has 6 heteroatoms. The summed E-state index contributed by atoms with van der Waals surface area (Å²) in [4.78, 5) is 12.5. The van der Waals surface area contributed by atoms with Crippen molar-refractivity contribution < 1.29 is 4.74 Å². The average Bonchev–Trinajstić information content (AvgIpc) is 2.32. The van der Waals surface area contributed by atoms with Crippen molar-refractivity contribution in [1.82, 2.24) is 15.0 Å². The number of halogens is 1. The average molecular weight is 370 g/mol. The second-order valence-corrected chi connectivity index (χ2v) is 5.57. The fraction of sp³-hybridized carbons (Fsp3) is 0.308. The highest BCUT2D eigenvalue weighted by Gasteiger charge is 2.12. The van der Waals surface area contributed by atoms with Crippen molar-refractivity contribution in [3.05, 3.63) is 33.5 Å². The number of nitrogens with two attached hydrogens (primary N) is 1. The minimum absolute atomic E-state index is 0.312. The Morgan fingerprint density at radius 3 is 2.58 bits per heavy atom. The van der Waals surface area contributed by atoms with Crippen LogP contribution < -0.4 is 10.5 Å². The number of hydrogen-bond donors (Lipinski definition) is 1. The standard InChI is InChI=1S/C13H15IN4O/c1-7(2)9-5-17-12(14)4-10(9)19-11-6-16-8(3)18-13(11)15/h4-7H,1-3H3,(H2,15,16,18). The number of anilines is 1.